The van der Waals surface area contributed by atoms with E-state index in [1.807, 2.05) is 24.3 Å². The third kappa shape index (κ3) is 3.21. The van der Waals surface area contributed by atoms with Gasteiger partial charge in [0.2, 0.25) is 14.9 Å². The highest BCUT2D eigenvalue weighted by Gasteiger charge is 2.40. The lowest BCUT2D eigenvalue weighted by atomic mass is 9.71. The molecule has 0 saturated heterocycles. The second-order valence-electron chi connectivity index (χ2n) is 5.79. The lowest BCUT2D eigenvalue weighted by molar-refractivity contribution is 0.0789. The van der Waals surface area contributed by atoms with Gasteiger partial charge in [-0.1, -0.05) is 28.1 Å². The number of nitrogens with one attached hydrogen (secondary N) is 1. The van der Waals surface area contributed by atoms with E-state index in [1.165, 1.54) is 12.1 Å². The monoisotopic (exact) mass is 397 g/mol. The van der Waals surface area contributed by atoms with Gasteiger partial charge >= 0.3 is 0 Å². The van der Waals surface area contributed by atoms with Gasteiger partial charge in [-0.3, -0.25) is 4.79 Å². The van der Waals surface area contributed by atoms with Gasteiger partial charge < -0.3 is 9.73 Å². The molecular weight excluding hydrogens is 382 g/mol. The van der Waals surface area contributed by atoms with Crippen LogP contribution >= 0.6 is 15.9 Å². The van der Waals surface area contributed by atoms with Gasteiger partial charge in [0, 0.05) is 10.7 Å². The van der Waals surface area contributed by atoms with Crippen molar-refractivity contribution in [3.63, 3.8) is 0 Å². The molecule has 23 heavy (non-hydrogen) atoms. The summed E-state index contributed by atoms with van der Waals surface area (Å²) in [4.78, 5) is 12.4. The summed E-state index contributed by atoms with van der Waals surface area (Å²) in [6.45, 7) is 0. The van der Waals surface area contributed by atoms with Crippen LogP contribution in [0.5, 0.6) is 0 Å². The van der Waals surface area contributed by atoms with Crippen molar-refractivity contribution in [1.82, 2.24) is 5.32 Å². The van der Waals surface area contributed by atoms with E-state index in [9.17, 15) is 13.2 Å². The number of carbonyl (C=O) groups is 1. The topological polar surface area (TPSA) is 76.4 Å². The van der Waals surface area contributed by atoms with E-state index in [0.717, 1.165) is 35.6 Å². The molecule has 3 rings (SSSR count). The number of benzene rings is 1. The summed E-state index contributed by atoms with van der Waals surface area (Å²) < 4.78 is 29.0. The van der Waals surface area contributed by atoms with Gasteiger partial charge in [0.25, 0.3) is 5.91 Å². The molecule has 1 fully saturated rings. The third-order valence-electron chi connectivity index (χ3n) is 4.11. The number of rotatable bonds is 4. The summed E-state index contributed by atoms with van der Waals surface area (Å²) in [6, 6.07) is 10.5. The van der Waals surface area contributed by atoms with E-state index in [4.69, 9.17) is 4.42 Å². The molecule has 1 aliphatic rings. The Morgan fingerprint density at radius 3 is 2.52 bits per heavy atom. The van der Waals surface area contributed by atoms with Crippen LogP contribution in [0.2, 0.25) is 0 Å². The van der Waals surface area contributed by atoms with Crippen molar-refractivity contribution in [3.05, 3.63) is 52.2 Å². The minimum Gasteiger partial charge on any atom is -0.440 e. The zero-order valence-corrected chi connectivity index (χ0v) is 14.9. The van der Waals surface area contributed by atoms with Gasteiger partial charge in [0.1, 0.15) is 0 Å². The Morgan fingerprint density at radius 2 is 2.00 bits per heavy atom. The lowest BCUT2D eigenvalue weighted by Crippen LogP contribution is -2.50. The number of halogens is 1. The summed E-state index contributed by atoms with van der Waals surface area (Å²) in [5.74, 6) is -0.397. The average Bonchev–Trinajstić information content (AvgIpc) is 2.92. The number of hydrogen-bond donors (Lipinski definition) is 1. The van der Waals surface area contributed by atoms with Crippen molar-refractivity contribution in [3.8, 4) is 0 Å². The van der Waals surface area contributed by atoms with Crippen LogP contribution in [0.15, 0.2) is 50.4 Å². The Labute approximate surface area is 143 Å². The lowest BCUT2D eigenvalue weighted by Gasteiger charge is -2.43. The van der Waals surface area contributed by atoms with Gasteiger partial charge in [0.05, 0.1) is 5.54 Å². The third-order valence-corrected chi connectivity index (χ3v) is 5.55. The van der Waals surface area contributed by atoms with Crippen LogP contribution in [0.1, 0.15) is 35.4 Å². The van der Waals surface area contributed by atoms with Crippen molar-refractivity contribution in [1.29, 1.82) is 0 Å². The van der Waals surface area contributed by atoms with Crippen LogP contribution in [0.25, 0.3) is 0 Å². The van der Waals surface area contributed by atoms with Crippen molar-refractivity contribution in [2.24, 2.45) is 0 Å². The van der Waals surface area contributed by atoms with E-state index in [-0.39, 0.29) is 10.9 Å². The summed E-state index contributed by atoms with van der Waals surface area (Å²) in [5.41, 5.74) is 0.611. The minimum absolute atomic E-state index is 0.00620. The molecule has 0 bridgehead atoms. The van der Waals surface area contributed by atoms with E-state index in [0.29, 0.717) is 0 Å². The number of sulfone groups is 1. The molecule has 2 aromatic rings. The van der Waals surface area contributed by atoms with E-state index >= 15 is 0 Å². The molecule has 122 valence electrons. The molecule has 1 aromatic carbocycles. The first kappa shape index (κ1) is 16.3. The first-order chi connectivity index (χ1) is 10.8. The van der Waals surface area contributed by atoms with Crippen LogP contribution in [0, 0.1) is 0 Å². The number of carbonyl (C=O) groups excluding carboxylic acids is 1. The van der Waals surface area contributed by atoms with Crippen LogP contribution in [0.4, 0.5) is 0 Å². The normalized spacial score (nSPS) is 16.6. The van der Waals surface area contributed by atoms with E-state index < -0.39 is 21.3 Å². The summed E-state index contributed by atoms with van der Waals surface area (Å²) >= 11 is 3.45. The smallest absolute Gasteiger partial charge is 0.287 e. The van der Waals surface area contributed by atoms with Crippen molar-refractivity contribution in [2.75, 3.05) is 6.26 Å². The molecule has 1 aliphatic carbocycles. The van der Waals surface area contributed by atoms with Crippen LogP contribution in [-0.4, -0.2) is 20.6 Å². The molecule has 5 nitrogen and oxygen atoms in total. The summed E-state index contributed by atoms with van der Waals surface area (Å²) in [5, 5.41) is 2.80. The highest BCUT2D eigenvalue weighted by molar-refractivity contribution is 9.10. The highest BCUT2D eigenvalue weighted by Crippen LogP contribution is 2.42. The van der Waals surface area contributed by atoms with Crippen LogP contribution in [0.3, 0.4) is 0 Å². The molecule has 7 heteroatoms. The van der Waals surface area contributed by atoms with Gasteiger partial charge in [-0.2, -0.15) is 0 Å². The number of amides is 1. The van der Waals surface area contributed by atoms with E-state index in [1.54, 1.807) is 0 Å². The fourth-order valence-corrected chi connectivity index (χ4v) is 3.68. The zero-order chi connectivity index (χ0) is 16.7. The summed E-state index contributed by atoms with van der Waals surface area (Å²) in [6.07, 6.45) is 3.76. The van der Waals surface area contributed by atoms with Crippen molar-refractivity contribution < 1.29 is 17.6 Å². The Bertz CT molecular complexity index is 852. The maximum absolute atomic E-state index is 12.4. The Hall–Kier alpha value is -1.60. The molecule has 1 saturated carbocycles. The van der Waals surface area contributed by atoms with Gasteiger partial charge in [-0.05, 0) is 49.1 Å². The average molecular weight is 398 g/mol. The highest BCUT2D eigenvalue weighted by atomic mass is 79.9. The largest absolute Gasteiger partial charge is 0.440 e. The molecule has 0 unspecified atom stereocenters. The SMILES string of the molecule is CS(=O)(=O)c1ccc(C(=O)NC2(c3cccc(Br)c3)CCC2)o1. The molecule has 0 atom stereocenters. The van der Waals surface area contributed by atoms with Gasteiger partial charge in [0.15, 0.2) is 5.76 Å². The molecule has 1 aromatic heterocycles. The minimum atomic E-state index is -3.46. The van der Waals surface area contributed by atoms with Gasteiger partial charge in [-0.25, -0.2) is 8.42 Å². The molecule has 1 amide bonds. The van der Waals surface area contributed by atoms with Crippen LogP contribution in [-0.2, 0) is 15.4 Å². The quantitative estimate of drug-likeness (QED) is 0.858. The van der Waals surface area contributed by atoms with Crippen LogP contribution < -0.4 is 5.32 Å². The predicted molar refractivity (Wildman–Crippen MR) is 89.0 cm³/mol. The molecular formula is C16H16BrNO4S. The van der Waals surface area contributed by atoms with Gasteiger partial charge in [-0.15, -0.1) is 0 Å². The second kappa shape index (κ2) is 5.79. The first-order valence-electron chi connectivity index (χ1n) is 7.19. The Morgan fingerprint density at radius 1 is 1.26 bits per heavy atom. The maximum atomic E-state index is 12.4. The zero-order valence-electron chi connectivity index (χ0n) is 12.5. The Balaban J connectivity index is 1.85. The summed E-state index contributed by atoms with van der Waals surface area (Å²) in [7, 11) is -3.46. The fourth-order valence-electron chi connectivity index (χ4n) is 2.72. The fraction of sp³-hybridized carbons (Fsp3) is 0.312. The first-order valence-corrected chi connectivity index (χ1v) is 9.87. The van der Waals surface area contributed by atoms with Crippen molar-refractivity contribution >= 4 is 31.7 Å². The standard InChI is InChI=1S/C16H16BrNO4S/c1-23(20,21)14-7-6-13(22-14)15(19)18-16(8-3-9-16)11-4-2-5-12(17)10-11/h2,4-7,10H,3,8-9H2,1H3,(H,18,19). The molecule has 0 aliphatic heterocycles. The number of hydrogen-bond acceptors (Lipinski definition) is 4. The van der Waals surface area contributed by atoms with Crippen molar-refractivity contribution in [2.45, 2.75) is 29.9 Å². The number of furan rings is 1. The Kier molecular flexibility index (Phi) is 4.10. The maximum Gasteiger partial charge on any atom is 0.287 e. The molecule has 0 radical (unpaired) electrons. The molecule has 1 N–H and O–H groups in total. The molecule has 0 spiro atoms. The van der Waals surface area contributed by atoms with E-state index in [2.05, 4.69) is 21.2 Å². The molecule has 1 heterocycles. The predicted octanol–water partition coefficient (Wildman–Crippen LogP) is 3.25. The second-order valence-corrected chi connectivity index (χ2v) is 8.65.